The minimum Gasteiger partial charge on any atom is -0.491 e. The van der Waals surface area contributed by atoms with Gasteiger partial charge in [-0.1, -0.05) is 18.2 Å². The van der Waals surface area contributed by atoms with Crippen molar-refractivity contribution in [1.29, 1.82) is 0 Å². The Hall–Kier alpha value is -4.04. The highest BCUT2D eigenvalue weighted by Gasteiger charge is 2.25. The quantitative estimate of drug-likeness (QED) is 0.0318. The molecule has 0 saturated heterocycles. The smallest absolute Gasteiger partial charge is 0.122 e. The minimum absolute atomic E-state index is 0.0112. The maximum absolute atomic E-state index is 8.92. The number of nitrogens with zero attached hydrogens (tertiary/aromatic N) is 3. The minimum atomic E-state index is 0.0112. The molecule has 5 aromatic rings. The molecule has 0 saturated carbocycles. The number of aryl methyl sites for hydroxylation is 3. The Balaban J connectivity index is 1.53. The van der Waals surface area contributed by atoms with Gasteiger partial charge in [0, 0.05) is 35.8 Å². The summed E-state index contributed by atoms with van der Waals surface area (Å²) in [4.78, 5) is 10.0. The zero-order valence-corrected chi connectivity index (χ0v) is 36.4. The van der Waals surface area contributed by atoms with Crippen molar-refractivity contribution in [2.24, 2.45) is 0 Å². The van der Waals surface area contributed by atoms with Crippen LogP contribution in [0.25, 0.3) is 44.1 Å². The molecule has 1 N–H and O–H groups in total. The Morgan fingerprint density at radius 3 is 1.61 bits per heavy atom. The highest BCUT2D eigenvalue weighted by atomic mass is 16.6. The van der Waals surface area contributed by atoms with E-state index in [4.69, 9.17) is 48.2 Å². The van der Waals surface area contributed by atoms with Crippen LogP contribution in [0.4, 0.5) is 0 Å². The Kier molecular flexibility index (Phi) is 18.5. The lowest BCUT2D eigenvalue weighted by molar-refractivity contribution is -0.936. The number of hydrogen-bond donors (Lipinski definition) is 1. The lowest BCUT2D eigenvalue weighted by Gasteiger charge is -2.36. The number of fused-ring (bicyclic) bond motifs is 3. The predicted octanol–water partition coefficient (Wildman–Crippen LogP) is 8.02. The van der Waals surface area contributed by atoms with Crippen LogP contribution in [0.15, 0.2) is 60.9 Å². The molecule has 0 spiro atoms. The largest absolute Gasteiger partial charge is 0.491 e. The van der Waals surface area contributed by atoms with Crippen LogP contribution in [-0.2, 0) is 41.6 Å². The molecule has 0 radical (unpaired) electrons. The lowest BCUT2D eigenvalue weighted by Crippen LogP contribution is -2.46. The van der Waals surface area contributed by atoms with E-state index in [1.165, 1.54) is 11.1 Å². The first-order valence-electron chi connectivity index (χ1n) is 21.2. The highest BCUT2D eigenvalue weighted by molar-refractivity contribution is 6.19. The van der Waals surface area contributed by atoms with Gasteiger partial charge in [0.05, 0.1) is 110 Å². The van der Waals surface area contributed by atoms with E-state index in [1.54, 1.807) is 7.11 Å². The van der Waals surface area contributed by atoms with Gasteiger partial charge in [-0.2, -0.15) is 0 Å². The third-order valence-electron chi connectivity index (χ3n) is 11.1. The van der Waals surface area contributed by atoms with Crippen molar-refractivity contribution in [3.63, 3.8) is 0 Å². The molecule has 0 fully saturated rings. The summed E-state index contributed by atoms with van der Waals surface area (Å²) in [6, 6.07) is 17.9. The first-order chi connectivity index (χ1) is 28.8. The van der Waals surface area contributed by atoms with Crippen LogP contribution >= 0.6 is 0 Å². The van der Waals surface area contributed by atoms with Gasteiger partial charge in [-0.25, -0.2) is 0 Å². The Labute approximate surface area is 351 Å². The van der Waals surface area contributed by atoms with Crippen LogP contribution in [-0.4, -0.2) is 126 Å². The van der Waals surface area contributed by atoms with E-state index in [9.17, 15) is 0 Å². The molecule has 11 heteroatoms. The third kappa shape index (κ3) is 12.5. The van der Waals surface area contributed by atoms with Crippen molar-refractivity contribution in [2.75, 3.05) is 106 Å². The van der Waals surface area contributed by atoms with Crippen molar-refractivity contribution in [3.05, 3.63) is 88.7 Å². The average molecular weight is 813 g/mol. The van der Waals surface area contributed by atoms with Gasteiger partial charge >= 0.3 is 0 Å². The first-order valence-corrected chi connectivity index (χ1v) is 21.2. The summed E-state index contributed by atoms with van der Waals surface area (Å²) in [7, 11) is 1.66. The van der Waals surface area contributed by atoms with Gasteiger partial charge in [-0.3, -0.25) is 9.97 Å². The summed E-state index contributed by atoms with van der Waals surface area (Å²) in [5.41, 5.74) is 11.9. The summed E-state index contributed by atoms with van der Waals surface area (Å²) in [6.45, 7) is 22.9. The van der Waals surface area contributed by atoms with E-state index in [1.807, 2.05) is 12.4 Å². The molecule has 2 heterocycles. The fourth-order valence-corrected chi connectivity index (χ4v) is 7.53. The summed E-state index contributed by atoms with van der Waals surface area (Å²) < 4.78 is 40.7. The number of aliphatic hydroxyl groups is 1. The van der Waals surface area contributed by atoms with Gasteiger partial charge in [-0.05, 0) is 116 Å². The van der Waals surface area contributed by atoms with Crippen molar-refractivity contribution >= 4 is 21.8 Å². The van der Waals surface area contributed by atoms with Crippen LogP contribution in [0.1, 0.15) is 48.6 Å². The van der Waals surface area contributed by atoms with Crippen LogP contribution in [0.5, 0.6) is 5.75 Å². The molecule has 0 amide bonds. The van der Waals surface area contributed by atoms with E-state index in [0.29, 0.717) is 79.3 Å². The molecule has 0 unspecified atom stereocenters. The molecule has 5 rings (SSSR count). The topological polar surface area (TPSA) is 111 Å². The summed E-state index contributed by atoms with van der Waals surface area (Å²) >= 11 is 0. The molecule has 3 aromatic carbocycles. The number of pyridine rings is 2. The number of ether oxygens (including phenoxy) is 7. The molecular formula is C48H66N3O8+. The predicted molar refractivity (Wildman–Crippen MR) is 235 cm³/mol. The fourth-order valence-electron chi connectivity index (χ4n) is 7.53. The standard InChI is InChI=1S/C48H66N3O8/c1-8-51(9-2,10-3)33-41-30-39(11-12-40(41)34-58-24-23-56-20-19-54-16-15-52)46-43-28-36(5)32-50-48(43)47-42(27-35(4)31-49-47)45(46)38-13-14-44(37(6)29-38)59-26-25-57-22-21-55-18-17-53-7/h11-14,27-32,52H,8-10,15-26,33-34H2,1-7H3/q+1. The molecule has 59 heavy (non-hydrogen) atoms. The maximum Gasteiger partial charge on any atom is 0.122 e. The molecule has 0 bridgehead atoms. The van der Waals surface area contributed by atoms with E-state index in [-0.39, 0.29) is 6.61 Å². The Morgan fingerprint density at radius 2 is 1.07 bits per heavy atom. The van der Waals surface area contributed by atoms with E-state index in [2.05, 4.69) is 90.1 Å². The molecular weight excluding hydrogens is 747 g/mol. The van der Waals surface area contributed by atoms with Gasteiger partial charge in [0.1, 0.15) is 18.9 Å². The van der Waals surface area contributed by atoms with Gasteiger partial charge in [0.25, 0.3) is 0 Å². The Morgan fingerprint density at radius 1 is 0.559 bits per heavy atom. The maximum atomic E-state index is 8.92. The van der Waals surface area contributed by atoms with E-state index in [0.717, 1.165) is 97.2 Å². The fraction of sp³-hybridized carbons (Fsp3) is 0.500. The molecule has 0 atom stereocenters. The number of hydrogen-bond acceptors (Lipinski definition) is 10. The van der Waals surface area contributed by atoms with E-state index >= 15 is 0 Å². The number of aromatic nitrogens is 2. The molecule has 2 aromatic heterocycles. The highest BCUT2D eigenvalue weighted by Crippen LogP contribution is 2.45. The second-order valence-electron chi connectivity index (χ2n) is 15.0. The zero-order valence-electron chi connectivity index (χ0n) is 36.4. The molecule has 320 valence electrons. The summed E-state index contributed by atoms with van der Waals surface area (Å²) in [5.74, 6) is 0.826. The zero-order chi connectivity index (χ0) is 42.0. The van der Waals surface area contributed by atoms with Crippen LogP contribution in [0.3, 0.4) is 0 Å². The van der Waals surface area contributed by atoms with E-state index < -0.39 is 0 Å². The molecule has 0 aliphatic rings. The van der Waals surface area contributed by atoms with Crippen molar-refractivity contribution in [3.8, 4) is 28.0 Å². The van der Waals surface area contributed by atoms with Crippen molar-refractivity contribution < 1.29 is 42.7 Å². The van der Waals surface area contributed by atoms with Crippen molar-refractivity contribution in [2.45, 2.75) is 54.7 Å². The van der Waals surface area contributed by atoms with Crippen LogP contribution in [0.2, 0.25) is 0 Å². The molecule has 0 aliphatic carbocycles. The summed E-state index contributed by atoms with van der Waals surface area (Å²) in [5, 5.41) is 11.1. The molecule has 11 nitrogen and oxygen atoms in total. The number of methoxy groups -OCH3 is 1. The first kappa shape index (κ1) is 46.0. The number of quaternary nitrogens is 1. The second-order valence-corrected chi connectivity index (χ2v) is 15.0. The number of rotatable bonds is 27. The third-order valence-corrected chi connectivity index (χ3v) is 11.1. The second kappa shape index (κ2) is 23.7. The monoisotopic (exact) mass is 812 g/mol. The van der Waals surface area contributed by atoms with Crippen molar-refractivity contribution in [1.82, 2.24) is 9.97 Å². The van der Waals surface area contributed by atoms with Gasteiger partial charge in [0.15, 0.2) is 0 Å². The molecule has 0 aliphatic heterocycles. The van der Waals surface area contributed by atoms with Gasteiger partial charge in [0.2, 0.25) is 0 Å². The van der Waals surface area contributed by atoms with Gasteiger partial charge < -0.3 is 42.7 Å². The number of aliphatic hydroxyl groups excluding tert-OH is 1. The van der Waals surface area contributed by atoms with Crippen LogP contribution < -0.4 is 4.74 Å². The Bertz CT molecular complexity index is 2060. The summed E-state index contributed by atoms with van der Waals surface area (Å²) in [6.07, 6.45) is 3.87. The number of benzene rings is 3. The van der Waals surface area contributed by atoms with Crippen LogP contribution in [0, 0.1) is 20.8 Å². The van der Waals surface area contributed by atoms with Gasteiger partial charge in [-0.15, -0.1) is 0 Å². The lowest BCUT2D eigenvalue weighted by atomic mass is 9.85. The normalized spacial score (nSPS) is 11.9. The SMILES string of the molecule is CC[N+](CC)(CC)Cc1cc(-c2c(-c3ccc(OCCOCCOCCOC)c(C)c3)c3cc(C)cnc3c3ncc(C)cc23)ccc1COCCOCCOCCO. The average Bonchev–Trinajstić information content (AvgIpc) is 3.24.